The van der Waals surface area contributed by atoms with Crippen molar-refractivity contribution in [2.45, 2.75) is 40.0 Å². The lowest BCUT2D eigenvalue weighted by atomic mass is 9.88. The summed E-state index contributed by atoms with van der Waals surface area (Å²) in [5.41, 5.74) is 0.837. The van der Waals surface area contributed by atoms with E-state index in [1.807, 2.05) is 38.1 Å². The van der Waals surface area contributed by atoms with Crippen LogP contribution in [-0.2, 0) is 5.41 Å². The van der Waals surface area contributed by atoms with E-state index in [0.29, 0.717) is 0 Å². The van der Waals surface area contributed by atoms with Gasteiger partial charge in [0.15, 0.2) is 0 Å². The molecule has 0 aliphatic rings. The molecule has 0 spiro atoms. The number of hydrogen-bond acceptors (Lipinski definition) is 2. The van der Waals surface area contributed by atoms with Gasteiger partial charge in [0, 0.05) is 10.3 Å². The highest BCUT2D eigenvalue weighted by atomic mass is 32.1. The molecule has 0 saturated heterocycles. The Kier molecular flexibility index (Phi) is 4.47. The van der Waals surface area contributed by atoms with Gasteiger partial charge in [-0.3, -0.25) is 4.79 Å². The van der Waals surface area contributed by atoms with Crippen molar-refractivity contribution in [3.63, 3.8) is 0 Å². The molecule has 0 N–H and O–H groups in total. The highest BCUT2D eigenvalue weighted by Gasteiger charge is 2.18. The average molecular weight is 248 g/mol. The van der Waals surface area contributed by atoms with Gasteiger partial charge < -0.3 is 0 Å². The quantitative estimate of drug-likeness (QED) is 0.666. The summed E-state index contributed by atoms with van der Waals surface area (Å²) >= 11 is 1.34. The van der Waals surface area contributed by atoms with E-state index >= 15 is 0 Å². The average Bonchev–Trinajstić information content (AvgIpc) is 2.29. The van der Waals surface area contributed by atoms with Crippen molar-refractivity contribution >= 4 is 21.4 Å². The second-order valence-corrected chi connectivity index (χ2v) is 5.75. The first-order chi connectivity index (χ1) is 7.98. The fraction of sp³-hybridized carbons (Fsp3) is 0.400. The standard InChI is InChI=1S/C13H14OS.C2H6/c1-13(2,3)10-8-9-6-4-5-7-11(9)15-12(10)14;1-2/h4-8H,1-3H3;1-2H3. The molecule has 2 rings (SSSR count). The van der Waals surface area contributed by atoms with Gasteiger partial charge in [-0.05, 0) is 22.9 Å². The topological polar surface area (TPSA) is 17.1 Å². The number of benzene rings is 1. The Labute approximate surface area is 107 Å². The minimum atomic E-state index is -0.0718. The third kappa shape index (κ3) is 3.16. The van der Waals surface area contributed by atoms with Gasteiger partial charge >= 0.3 is 0 Å². The molecule has 0 bridgehead atoms. The van der Waals surface area contributed by atoms with Crippen LogP contribution in [0, 0.1) is 0 Å². The Bertz CT molecular complexity index is 547. The van der Waals surface area contributed by atoms with Crippen molar-refractivity contribution in [3.05, 3.63) is 45.4 Å². The van der Waals surface area contributed by atoms with E-state index in [9.17, 15) is 4.79 Å². The van der Waals surface area contributed by atoms with Crippen LogP contribution in [0.25, 0.3) is 10.1 Å². The molecule has 0 aliphatic heterocycles. The van der Waals surface area contributed by atoms with Gasteiger partial charge in [-0.15, -0.1) is 0 Å². The second kappa shape index (κ2) is 5.46. The summed E-state index contributed by atoms with van der Waals surface area (Å²) in [5.74, 6) is 0. The van der Waals surface area contributed by atoms with E-state index in [1.165, 1.54) is 11.3 Å². The summed E-state index contributed by atoms with van der Waals surface area (Å²) in [6.07, 6.45) is 0. The molecule has 0 saturated carbocycles. The molecule has 1 aromatic carbocycles. The number of fused-ring (bicyclic) bond motifs is 1. The highest BCUT2D eigenvalue weighted by Crippen LogP contribution is 2.24. The van der Waals surface area contributed by atoms with Crippen LogP contribution in [-0.4, -0.2) is 0 Å². The Morgan fingerprint density at radius 1 is 1.06 bits per heavy atom. The van der Waals surface area contributed by atoms with Gasteiger partial charge in [0.1, 0.15) is 0 Å². The number of hydrogen-bond donors (Lipinski definition) is 0. The largest absolute Gasteiger partial charge is 0.277 e. The van der Waals surface area contributed by atoms with E-state index in [-0.39, 0.29) is 10.2 Å². The first-order valence-electron chi connectivity index (χ1n) is 6.02. The Morgan fingerprint density at radius 3 is 2.24 bits per heavy atom. The fourth-order valence-electron chi connectivity index (χ4n) is 1.58. The lowest BCUT2D eigenvalue weighted by Crippen LogP contribution is -2.20. The number of rotatable bonds is 0. The Morgan fingerprint density at radius 2 is 1.65 bits per heavy atom. The zero-order valence-corrected chi connectivity index (χ0v) is 12.0. The molecule has 1 aromatic heterocycles. The van der Waals surface area contributed by atoms with Gasteiger partial charge in [0.2, 0.25) is 4.74 Å². The molecule has 1 heterocycles. The van der Waals surface area contributed by atoms with Crippen molar-refractivity contribution in [1.29, 1.82) is 0 Å². The van der Waals surface area contributed by atoms with Gasteiger partial charge in [0.05, 0.1) is 0 Å². The summed E-state index contributed by atoms with van der Waals surface area (Å²) < 4.78 is 1.25. The van der Waals surface area contributed by atoms with Gasteiger partial charge in [-0.1, -0.05) is 64.2 Å². The zero-order valence-electron chi connectivity index (χ0n) is 11.2. The summed E-state index contributed by atoms with van der Waals surface area (Å²) in [6.45, 7) is 10.2. The zero-order chi connectivity index (χ0) is 13.1. The summed E-state index contributed by atoms with van der Waals surface area (Å²) in [7, 11) is 0. The van der Waals surface area contributed by atoms with Crippen LogP contribution in [0.2, 0.25) is 0 Å². The fourth-order valence-corrected chi connectivity index (χ4v) is 2.65. The minimum absolute atomic E-state index is 0.0718. The molecule has 92 valence electrons. The van der Waals surface area contributed by atoms with Crippen LogP contribution in [0.5, 0.6) is 0 Å². The normalized spacial score (nSPS) is 10.9. The smallest absolute Gasteiger partial charge is 0.236 e. The molecule has 0 fully saturated rings. The van der Waals surface area contributed by atoms with E-state index in [2.05, 4.69) is 26.8 Å². The molecule has 0 atom stereocenters. The second-order valence-electron chi connectivity index (χ2n) is 4.74. The first kappa shape index (κ1) is 13.9. The lowest BCUT2D eigenvalue weighted by molar-refractivity contribution is 0.588. The van der Waals surface area contributed by atoms with E-state index < -0.39 is 0 Å². The van der Waals surface area contributed by atoms with Crippen LogP contribution in [0.3, 0.4) is 0 Å². The van der Waals surface area contributed by atoms with Crippen molar-refractivity contribution in [2.24, 2.45) is 0 Å². The van der Waals surface area contributed by atoms with Crippen molar-refractivity contribution < 1.29 is 0 Å². The molecular formula is C15H20OS. The maximum absolute atomic E-state index is 11.9. The first-order valence-corrected chi connectivity index (χ1v) is 6.83. The summed E-state index contributed by atoms with van der Waals surface area (Å²) in [5, 5.41) is 1.16. The van der Waals surface area contributed by atoms with Gasteiger partial charge in [-0.2, -0.15) is 0 Å². The molecular weight excluding hydrogens is 228 g/mol. The molecule has 17 heavy (non-hydrogen) atoms. The van der Waals surface area contributed by atoms with Gasteiger partial charge in [-0.25, -0.2) is 0 Å². The van der Waals surface area contributed by atoms with E-state index in [1.54, 1.807) is 0 Å². The molecule has 0 radical (unpaired) electrons. The van der Waals surface area contributed by atoms with Crippen LogP contribution in [0.15, 0.2) is 35.1 Å². The van der Waals surface area contributed by atoms with Gasteiger partial charge in [0.25, 0.3) is 0 Å². The maximum Gasteiger partial charge on any atom is 0.236 e. The molecule has 2 aromatic rings. The van der Waals surface area contributed by atoms with Crippen LogP contribution >= 0.6 is 11.3 Å². The summed E-state index contributed by atoms with van der Waals surface area (Å²) in [6, 6.07) is 10.0. The Hall–Kier alpha value is -1.15. The van der Waals surface area contributed by atoms with Crippen molar-refractivity contribution in [1.82, 2.24) is 0 Å². The monoisotopic (exact) mass is 248 g/mol. The summed E-state index contributed by atoms with van der Waals surface area (Å²) in [4.78, 5) is 11.9. The van der Waals surface area contributed by atoms with Crippen LogP contribution < -0.4 is 4.74 Å². The predicted octanol–water partition coefficient (Wildman–Crippen LogP) is 4.59. The van der Waals surface area contributed by atoms with Crippen LogP contribution in [0.1, 0.15) is 40.2 Å². The van der Waals surface area contributed by atoms with E-state index in [0.717, 1.165) is 15.6 Å². The van der Waals surface area contributed by atoms with Crippen molar-refractivity contribution in [2.75, 3.05) is 0 Å². The van der Waals surface area contributed by atoms with Crippen molar-refractivity contribution in [3.8, 4) is 0 Å². The molecule has 2 heteroatoms. The predicted molar refractivity (Wildman–Crippen MR) is 78.1 cm³/mol. The third-order valence-corrected chi connectivity index (χ3v) is 3.45. The van der Waals surface area contributed by atoms with E-state index in [4.69, 9.17) is 0 Å². The highest BCUT2D eigenvalue weighted by molar-refractivity contribution is 7.16. The maximum atomic E-state index is 11.9. The minimum Gasteiger partial charge on any atom is -0.277 e. The molecule has 0 unspecified atom stereocenters. The Balaban J connectivity index is 0.000000686. The SMILES string of the molecule is CC.CC(C)(C)c1cc2ccccc2sc1=O. The molecule has 0 aliphatic carbocycles. The lowest BCUT2D eigenvalue weighted by Gasteiger charge is -2.17. The molecule has 0 amide bonds. The molecule has 1 nitrogen and oxygen atoms in total. The third-order valence-electron chi connectivity index (χ3n) is 2.45. The van der Waals surface area contributed by atoms with Crippen LogP contribution in [0.4, 0.5) is 0 Å².